The van der Waals surface area contributed by atoms with Crippen LogP contribution in [0.3, 0.4) is 0 Å². The van der Waals surface area contributed by atoms with E-state index in [9.17, 15) is 9.90 Å². The van der Waals surface area contributed by atoms with Gasteiger partial charge in [-0.2, -0.15) is 0 Å². The number of hydrogen-bond acceptors (Lipinski definition) is 3. The van der Waals surface area contributed by atoms with Crippen LogP contribution in [0, 0.1) is 0 Å². The van der Waals surface area contributed by atoms with Crippen molar-refractivity contribution >= 4 is 23.2 Å². The summed E-state index contributed by atoms with van der Waals surface area (Å²) >= 11 is 5.97. The summed E-state index contributed by atoms with van der Waals surface area (Å²) in [5.41, 5.74) is 6.43. The second-order valence-electron chi connectivity index (χ2n) is 3.90. The molecule has 1 saturated heterocycles. The number of nitrogens with two attached hydrogens (primary N) is 1. The van der Waals surface area contributed by atoms with Crippen molar-refractivity contribution < 1.29 is 9.90 Å². The molecule has 1 aromatic rings. The second-order valence-corrected chi connectivity index (χ2v) is 4.28. The Morgan fingerprint density at radius 3 is 2.94 bits per heavy atom. The molecule has 3 N–H and O–H groups in total. The van der Waals surface area contributed by atoms with Crippen LogP contribution in [0.1, 0.15) is 16.8 Å². The Morgan fingerprint density at radius 2 is 2.31 bits per heavy atom. The number of carbonyl (C=O) groups is 1. The molecule has 1 aliphatic heterocycles. The number of amides is 1. The van der Waals surface area contributed by atoms with E-state index in [0.717, 1.165) is 0 Å². The van der Waals surface area contributed by atoms with Gasteiger partial charge in [-0.05, 0) is 18.6 Å². The van der Waals surface area contributed by atoms with E-state index < -0.39 is 6.10 Å². The second kappa shape index (κ2) is 4.31. The van der Waals surface area contributed by atoms with Gasteiger partial charge in [0.25, 0.3) is 5.91 Å². The van der Waals surface area contributed by atoms with Gasteiger partial charge in [0.2, 0.25) is 0 Å². The average Bonchev–Trinajstić information content (AvgIpc) is 2.68. The molecule has 2 rings (SSSR count). The number of halogens is 1. The van der Waals surface area contributed by atoms with Crippen molar-refractivity contribution in [3.8, 4) is 0 Å². The third-order valence-electron chi connectivity index (χ3n) is 2.71. The Labute approximate surface area is 98.6 Å². The van der Waals surface area contributed by atoms with Crippen molar-refractivity contribution in [1.82, 2.24) is 4.90 Å². The molecule has 86 valence electrons. The standard InChI is InChI=1S/C11H13ClN2O2/c12-10-8(2-1-3-9(10)13)11(16)14-5-4-7(15)6-14/h1-3,7,15H,4-6,13H2/t7-/m0/s1. The fourth-order valence-electron chi connectivity index (χ4n) is 1.81. The molecule has 1 amide bonds. The molecule has 5 heteroatoms. The minimum Gasteiger partial charge on any atom is -0.398 e. The lowest BCUT2D eigenvalue weighted by atomic mass is 10.2. The summed E-state index contributed by atoms with van der Waals surface area (Å²) in [6, 6.07) is 4.99. The lowest BCUT2D eigenvalue weighted by molar-refractivity contribution is 0.0765. The fourth-order valence-corrected chi connectivity index (χ4v) is 2.02. The summed E-state index contributed by atoms with van der Waals surface area (Å²) in [4.78, 5) is 13.6. The van der Waals surface area contributed by atoms with Crippen LogP contribution in [0.2, 0.25) is 5.02 Å². The summed E-state index contributed by atoms with van der Waals surface area (Å²) in [5, 5.41) is 9.65. The third kappa shape index (κ3) is 1.99. The van der Waals surface area contributed by atoms with Crippen molar-refractivity contribution in [2.24, 2.45) is 0 Å². The number of hydrogen-bond donors (Lipinski definition) is 2. The van der Waals surface area contributed by atoms with Gasteiger partial charge in [0.05, 0.1) is 22.4 Å². The van der Waals surface area contributed by atoms with E-state index in [-0.39, 0.29) is 10.9 Å². The van der Waals surface area contributed by atoms with Crippen LogP contribution in [0.4, 0.5) is 5.69 Å². The van der Waals surface area contributed by atoms with Gasteiger partial charge < -0.3 is 15.7 Å². The number of aliphatic hydroxyl groups excluding tert-OH is 1. The molecular formula is C11H13ClN2O2. The summed E-state index contributed by atoms with van der Waals surface area (Å²) in [6.45, 7) is 0.926. The lowest BCUT2D eigenvalue weighted by Crippen LogP contribution is -2.29. The summed E-state index contributed by atoms with van der Waals surface area (Å²) < 4.78 is 0. The largest absolute Gasteiger partial charge is 0.398 e. The van der Waals surface area contributed by atoms with Crippen LogP contribution in [0.15, 0.2) is 18.2 Å². The molecule has 4 nitrogen and oxygen atoms in total. The van der Waals surface area contributed by atoms with Crippen LogP contribution < -0.4 is 5.73 Å². The molecule has 1 aromatic carbocycles. The molecule has 16 heavy (non-hydrogen) atoms. The van der Waals surface area contributed by atoms with E-state index in [4.69, 9.17) is 17.3 Å². The van der Waals surface area contributed by atoms with Gasteiger partial charge in [0, 0.05) is 13.1 Å². The van der Waals surface area contributed by atoms with Crippen LogP contribution in [-0.2, 0) is 0 Å². The summed E-state index contributed by atoms with van der Waals surface area (Å²) in [5.74, 6) is -0.172. The molecule has 1 atom stereocenters. The highest BCUT2D eigenvalue weighted by molar-refractivity contribution is 6.36. The number of β-amino-alcohol motifs (C(OH)–C–C–N with tert-alkyl or cyclic N) is 1. The smallest absolute Gasteiger partial charge is 0.255 e. The molecule has 0 spiro atoms. The quantitative estimate of drug-likeness (QED) is 0.724. The Bertz CT molecular complexity index is 422. The first-order valence-corrected chi connectivity index (χ1v) is 5.48. The molecular weight excluding hydrogens is 228 g/mol. The third-order valence-corrected chi connectivity index (χ3v) is 3.13. The normalized spacial score (nSPS) is 20.1. The Morgan fingerprint density at radius 1 is 1.56 bits per heavy atom. The predicted octanol–water partition coefficient (Wildman–Crippen LogP) is 1.13. The minimum absolute atomic E-state index is 0.172. The molecule has 0 unspecified atom stereocenters. The highest BCUT2D eigenvalue weighted by Gasteiger charge is 2.26. The molecule has 1 fully saturated rings. The lowest BCUT2D eigenvalue weighted by Gasteiger charge is -2.16. The topological polar surface area (TPSA) is 66.6 Å². The Hall–Kier alpha value is -1.26. The maximum Gasteiger partial charge on any atom is 0.255 e. The maximum absolute atomic E-state index is 12.0. The van der Waals surface area contributed by atoms with E-state index >= 15 is 0 Å². The average molecular weight is 241 g/mol. The van der Waals surface area contributed by atoms with Crippen molar-refractivity contribution in [3.63, 3.8) is 0 Å². The maximum atomic E-state index is 12.0. The van der Waals surface area contributed by atoms with E-state index in [2.05, 4.69) is 0 Å². The van der Waals surface area contributed by atoms with Crippen LogP contribution in [0.25, 0.3) is 0 Å². The Kier molecular flexibility index (Phi) is 3.03. The zero-order valence-electron chi connectivity index (χ0n) is 8.69. The van der Waals surface area contributed by atoms with Crippen LogP contribution >= 0.6 is 11.6 Å². The Balaban J connectivity index is 2.24. The fraction of sp³-hybridized carbons (Fsp3) is 0.364. The van der Waals surface area contributed by atoms with Crippen LogP contribution in [-0.4, -0.2) is 35.1 Å². The van der Waals surface area contributed by atoms with Gasteiger partial charge in [-0.25, -0.2) is 0 Å². The molecule has 0 radical (unpaired) electrons. The van der Waals surface area contributed by atoms with Crippen molar-refractivity contribution in [1.29, 1.82) is 0 Å². The van der Waals surface area contributed by atoms with Gasteiger partial charge in [-0.15, -0.1) is 0 Å². The van der Waals surface area contributed by atoms with Crippen molar-refractivity contribution in [2.45, 2.75) is 12.5 Å². The molecule has 1 aliphatic rings. The monoisotopic (exact) mass is 240 g/mol. The van der Waals surface area contributed by atoms with E-state index in [1.807, 2.05) is 0 Å². The number of rotatable bonds is 1. The predicted molar refractivity (Wildman–Crippen MR) is 62.4 cm³/mol. The zero-order chi connectivity index (χ0) is 11.7. The van der Waals surface area contributed by atoms with E-state index in [1.54, 1.807) is 23.1 Å². The first-order valence-electron chi connectivity index (χ1n) is 5.11. The highest BCUT2D eigenvalue weighted by atomic mass is 35.5. The zero-order valence-corrected chi connectivity index (χ0v) is 9.44. The number of carbonyl (C=O) groups excluding carboxylic acids is 1. The molecule has 1 heterocycles. The number of nitrogens with zero attached hydrogens (tertiary/aromatic N) is 1. The van der Waals surface area contributed by atoms with Gasteiger partial charge in [-0.3, -0.25) is 4.79 Å². The number of anilines is 1. The van der Waals surface area contributed by atoms with Gasteiger partial charge >= 0.3 is 0 Å². The van der Waals surface area contributed by atoms with Gasteiger partial charge in [0.1, 0.15) is 0 Å². The summed E-state index contributed by atoms with van der Waals surface area (Å²) in [6.07, 6.45) is 0.190. The number of aliphatic hydroxyl groups is 1. The van der Waals surface area contributed by atoms with Gasteiger partial charge in [-0.1, -0.05) is 17.7 Å². The first kappa shape index (κ1) is 11.2. The SMILES string of the molecule is Nc1cccc(C(=O)N2CC[C@H](O)C2)c1Cl. The van der Waals surface area contributed by atoms with Crippen LogP contribution in [0.5, 0.6) is 0 Å². The first-order chi connectivity index (χ1) is 7.59. The molecule has 0 aromatic heterocycles. The van der Waals surface area contributed by atoms with E-state index in [0.29, 0.717) is 30.8 Å². The van der Waals surface area contributed by atoms with Crippen molar-refractivity contribution in [2.75, 3.05) is 18.8 Å². The molecule has 0 aliphatic carbocycles. The number of nitrogen functional groups attached to an aromatic ring is 1. The molecule has 0 bridgehead atoms. The number of likely N-dealkylation sites (tertiary alicyclic amines) is 1. The molecule has 0 saturated carbocycles. The highest BCUT2D eigenvalue weighted by Crippen LogP contribution is 2.25. The minimum atomic E-state index is -0.427. The van der Waals surface area contributed by atoms with Crippen molar-refractivity contribution in [3.05, 3.63) is 28.8 Å². The van der Waals surface area contributed by atoms with Gasteiger partial charge in [0.15, 0.2) is 0 Å². The number of benzene rings is 1. The van der Waals surface area contributed by atoms with E-state index in [1.165, 1.54) is 0 Å². The summed E-state index contributed by atoms with van der Waals surface area (Å²) in [7, 11) is 0.